The molecule has 9 heteroatoms. The number of carbonyl (C=O) groups is 3. The number of amides is 1. The third kappa shape index (κ3) is 5.29. The molecule has 1 heterocycles. The van der Waals surface area contributed by atoms with Crippen LogP contribution in [0.3, 0.4) is 0 Å². The Morgan fingerprint density at radius 2 is 1.64 bits per heavy atom. The van der Waals surface area contributed by atoms with E-state index in [0.717, 1.165) is 0 Å². The van der Waals surface area contributed by atoms with Crippen molar-refractivity contribution < 1.29 is 38.4 Å². The number of ketones is 1. The highest BCUT2D eigenvalue weighted by atomic mass is 16.5. The Hall–Kier alpha value is -4.79. The van der Waals surface area contributed by atoms with E-state index in [9.17, 15) is 19.5 Å². The van der Waals surface area contributed by atoms with Gasteiger partial charge in [0.1, 0.15) is 23.0 Å². The molecule has 1 aliphatic rings. The number of rotatable bonds is 9. The van der Waals surface area contributed by atoms with Crippen molar-refractivity contribution in [2.75, 3.05) is 32.3 Å². The van der Waals surface area contributed by atoms with Gasteiger partial charge in [-0.25, -0.2) is 4.79 Å². The molecular weight excluding hydrogens is 502 g/mol. The number of Topliss-reactive ketones (excluding diaryl/α,β-unsaturated/α-hetero) is 1. The lowest BCUT2D eigenvalue weighted by Crippen LogP contribution is -2.29. The first-order valence-corrected chi connectivity index (χ1v) is 12.4. The minimum atomic E-state index is -1.03. The van der Waals surface area contributed by atoms with Gasteiger partial charge in [-0.05, 0) is 61.9 Å². The van der Waals surface area contributed by atoms with Gasteiger partial charge in [0.15, 0.2) is 0 Å². The van der Waals surface area contributed by atoms with E-state index in [1.54, 1.807) is 67.6 Å². The van der Waals surface area contributed by atoms with Crippen molar-refractivity contribution in [3.05, 3.63) is 89.0 Å². The zero-order chi connectivity index (χ0) is 28.1. The van der Waals surface area contributed by atoms with Crippen LogP contribution >= 0.6 is 0 Å². The lowest BCUT2D eigenvalue weighted by molar-refractivity contribution is -0.132. The number of aliphatic hydroxyl groups excluding tert-OH is 1. The molecule has 0 bridgehead atoms. The smallest absolute Gasteiger partial charge is 0.337 e. The summed E-state index contributed by atoms with van der Waals surface area (Å²) in [6.45, 7) is 4.37. The Balaban J connectivity index is 1.96. The van der Waals surface area contributed by atoms with Crippen molar-refractivity contribution in [1.82, 2.24) is 0 Å². The highest BCUT2D eigenvalue weighted by Crippen LogP contribution is 2.44. The average Bonchev–Trinajstić information content (AvgIpc) is 3.22. The van der Waals surface area contributed by atoms with Crippen LogP contribution in [0.4, 0.5) is 5.69 Å². The summed E-state index contributed by atoms with van der Waals surface area (Å²) in [6.07, 6.45) is 0. The summed E-state index contributed by atoms with van der Waals surface area (Å²) < 4.78 is 21.5. The largest absolute Gasteiger partial charge is 0.507 e. The topological polar surface area (TPSA) is 112 Å². The van der Waals surface area contributed by atoms with Crippen molar-refractivity contribution in [3.8, 4) is 17.2 Å². The molecule has 1 aliphatic heterocycles. The maximum atomic E-state index is 13.6. The molecule has 3 aromatic carbocycles. The second kappa shape index (κ2) is 11.7. The summed E-state index contributed by atoms with van der Waals surface area (Å²) in [5, 5.41) is 11.6. The van der Waals surface area contributed by atoms with Gasteiger partial charge in [0.25, 0.3) is 11.7 Å². The summed E-state index contributed by atoms with van der Waals surface area (Å²) >= 11 is 0. The number of benzene rings is 3. The van der Waals surface area contributed by atoms with Crippen molar-refractivity contribution in [2.45, 2.75) is 19.9 Å². The highest BCUT2D eigenvalue weighted by molar-refractivity contribution is 6.51. The van der Waals surface area contributed by atoms with E-state index >= 15 is 0 Å². The average molecular weight is 532 g/mol. The summed E-state index contributed by atoms with van der Waals surface area (Å²) in [6, 6.07) is 16.9. The van der Waals surface area contributed by atoms with Crippen LogP contribution in [0.15, 0.2) is 72.3 Å². The second-order valence-corrected chi connectivity index (χ2v) is 8.51. The first-order chi connectivity index (χ1) is 18.8. The molecule has 9 nitrogen and oxygen atoms in total. The molecule has 0 aromatic heterocycles. The lowest BCUT2D eigenvalue weighted by atomic mass is 9.94. The number of esters is 1. The van der Waals surface area contributed by atoms with Gasteiger partial charge in [-0.1, -0.05) is 18.2 Å². The monoisotopic (exact) mass is 531 g/mol. The zero-order valence-electron chi connectivity index (χ0n) is 22.1. The highest BCUT2D eigenvalue weighted by Gasteiger charge is 2.47. The van der Waals surface area contributed by atoms with E-state index in [4.69, 9.17) is 18.9 Å². The number of aliphatic hydroxyl groups is 1. The fourth-order valence-electron chi connectivity index (χ4n) is 4.50. The normalized spacial score (nSPS) is 16.2. The number of carbonyl (C=O) groups excluding carboxylic acids is 3. The Morgan fingerprint density at radius 3 is 2.33 bits per heavy atom. The molecule has 1 N–H and O–H groups in total. The fraction of sp³-hybridized carbons (Fsp3) is 0.233. The van der Waals surface area contributed by atoms with Crippen LogP contribution in [0.1, 0.15) is 41.4 Å². The van der Waals surface area contributed by atoms with Crippen LogP contribution in [-0.4, -0.2) is 50.2 Å². The maximum absolute atomic E-state index is 13.6. The molecule has 1 fully saturated rings. The minimum absolute atomic E-state index is 0.137. The summed E-state index contributed by atoms with van der Waals surface area (Å²) in [5.74, 6) is -1.43. The Bertz CT molecular complexity index is 1440. The summed E-state index contributed by atoms with van der Waals surface area (Å²) in [7, 11) is 2.76. The molecule has 0 radical (unpaired) electrons. The SMILES string of the molecule is CCOc1ccc(/C(O)=C2/C(=O)C(=O)N(c3cccc(C(=O)OC)c3)C2c2cccc(OC)c2)c(OCC)c1. The van der Waals surface area contributed by atoms with E-state index in [2.05, 4.69) is 0 Å². The quantitative estimate of drug-likeness (QED) is 0.180. The van der Waals surface area contributed by atoms with Crippen molar-refractivity contribution in [3.63, 3.8) is 0 Å². The minimum Gasteiger partial charge on any atom is -0.507 e. The molecule has 1 amide bonds. The molecule has 4 rings (SSSR count). The van der Waals surface area contributed by atoms with Gasteiger partial charge in [-0.2, -0.15) is 0 Å². The molecule has 0 spiro atoms. The van der Waals surface area contributed by atoms with Crippen molar-refractivity contribution in [1.29, 1.82) is 0 Å². The van der Waals surface area contributed by atoms with Gasteiger partial charge >= 0.3 is 5.97 Å². The van der Waals surface area contributed by atoms with Crippen LogP contribution in [0.2, 0.25) is 0 Å². The van der Waals surface area contributed by atoms with Gasteiger partial charge in [-0.3, -0.25) is 14.5 Å². The third-order valence-electron chi connectivity index (χ3n) is 6.22. The van der Waals surface area contributed by atoms with Gasteiger partial charge in [0, 0.05) is 11.8 Å². The summed E-state index contributed by atoms with van der Waals surface area (Å²) in [5.41, 5.74) is 1.09. The molecular formula is C30H29NO8. The van der Waals surface area contributed by atoms with Gasteiger partial charge in [0.05, 0.1) is 50.2 Å². The number of hydrogen-bond acceptors (Lipinski definition) is 8. The van der Waals surface area contributed by atoms with Gasteiger partial charge in [0.2, 0.25) is 0 Å². The standard InChI is InChI=1S/C30H29NO8/c1-5-38-22-13-14-23(24(17-22)39-6-2)27(32)25-26(18-9-8-12-21(16-18)36-3)31(29(34)28(25)33)20-11-7-10-19(15-20)30(35)37-4/h7-17,26,32H,5-6H2,1-4H3/b27-25-. The predicted octanol–water partition coefficient (Wildman–Crippen LogP) is 4.91. The Labute approximate surface area is 226 Å². The fourth-order valence-corrected chi connectivity index (χ4v) is 4.50. The number of hydrogen-bond donors (Lipinski definition) is 1. The Morgan fingerprint density at radius 1 is 0.897 bits per heavy atom. The molecule has 1 atom stereocenters. The molecule has 1 unspecified atom stereocenters. The lowest BCUT2D eigenvalue weighted by Gasteiger charge is -2.26. The maximum Gasteiger partial charge on any atom is 0.337 e. The van der Waals surface area contributed by atoms with E-state index in [0.29, 0.717) is 36.0 Å². The number of ether oxygens (including phenoxy) is 4. The van der Waals surface area contributed by atoms with E-state index < -0.39 is 29.5 Å². The van der Waals surface area contributed by atoms with Crippen LogP contribution < -0.4 is 19.1 Å². The van der Waals surface area contributed by atoms with Crippen molar-refractivity contribution in [2.24, 2.45) is 0 Å². The van der Waals surface area contributed by atoms with E-state index in [-0.39, 0.29) is 22.4 Å². The van der Waals surface area contributed by atoms with E-state index in [1.807, 2.05) is 6.92 Å². The van der Waals surface area contributed by atoms with Crippen LogP contribution in [-0.2, 0) is 14.3 Å². The van der Waals surface area contributed by atoms with Gasteiger partial charge in [-0.15, -0.1) is 0 Å². The molecule has 0 aliphatic carbocycles. The molecule has 0 saturated carbocycles. The molecule has 39 heavy (non-hydrogen) atoms. The summed E-state index contributed by atoms with van der Waals surface area (Å²) in [4.78, 5) is 40.5. The van der Waals surface area contributed by atoms with E-state index in [1.165, 1.54) is 25.2 Å². The Kier molecular flexibility index (Phi) is 8.19. The van der Waals surface area contributed by atoms with Crippen molar-refractivity contribution >= 4 is 29.1 Å². The zero-order valence-corrected chi connectivity index (χ0v) is 22.1. The number of methoxy groups -OCH3 is 2. The second-order valence-electron chi connectivity index (χ2n) is 8.51. The molecule has 1 saturated heterocycles. The van der Waals surface area contributed by atoms with Crippen LogP contribution in [0.5, 0.6) is 17.2 Å². The van der Waals surface area contributed by atoms with Crippen LogP contribution in [0.25, 0.3) is 5.76 Å². The number of anilines is 1. The molecule has 3 aromatic rings. The first-order valence-electron chi connectivity index (χ1n) is 12.4. The van der Waals surface area contributed by atoms with Crippen LogP contribution in [0, 0.1) is 0 Å². The third-order valence-corrected chi connectivity index (χ3v) is 6.22. The number of nitrogens with zero attached hydrogens (tertiary/aromatic N) is 1. The predicted molar refractivity (Wildman–Crippen MR) is 144 cm³/mol. The molecule has 202 valence electrons. The van der Waals surface area contributed by atoms with Gasteiger partial charge < -0.3 is 24.1 Å². The first kappa shape index (κ1) is 27.3.